The number of aromatic nitrogens is 2. The van der Waals surface area contributed by atoms with Crippen LogP contribution in [0.1, 0.15) is 29.9 Å². The van der Waals surface area contributed by atoms with Gasteiger partial charge in [0.2, 0.25) is 0 Å². The Kier molecular flexibility index (Phi) is 4.71. The van der Waals surface area contributed by atoms with Gasteiger partial charge in [0.05, 0.1) is 18.2 Å². The minimum absolute atomic E-state index is 0.384. The van der Waals surface area contributed by atoms with Crippen molar-refractivity contribution in [2.45, 2.75) is 26.1 Å². The smallest absolute Gasteiger partial charge is 0.416 e. The number of halogens is 3. The van der Waals surface area contributed by atoms with E-state index in [1.165, 1.54) is 13.2 Å². The minimum atomic E-state index is -4.38. The molecule has 3 rings (SSSR count). The Morgan fingerprint density at radius 1 is 1.19 bits per heavy atom. The molecule has 7 heteroatoms. The predicted molar refractivity (Wildman–Crippen MR) is 93.1 cm³/mol. The van der Waals surface area contributed by atoms with Gasteiger partial charge in [-0.15, -0.1) is 0 Å². The van der Waals surface area contributed by atoms with E-state index in [-0.39, 0.29) is 6.04 Å². The van der Waals surface area contributed by atoms with Crippen molar-refractivity contribution >= 4 is 16.7 Å². The number of rotatable bonds is 4. The number of methoxy groups -OCH3 is 1. The summed E-state index contributed by atoms with van der Waals surface area (Å²) in [4.78, 5) is 8.75. The first-order valence-corrected chi connectivity index (χ1v) is 7.95. The molecular weight excluding hydrogens is 343 g/mol. The van der Waals surface area contributed by atoms with Crippen molar-refractivity contribution < 1.29 is 17.9 Å². The maximum Gasteiger partial charge on any atom is 0.416 e. The molecule has 0 amide bonds. The number of ether oxygens (including phenoxy) is 1. The highest BCUT2D eigenvalue weighted by atomic mass is 19.4. The first kappa shape index (κ1) is 18.0. The molecule has 1 aromatic heterocycles. The topological polar surface area (TPSA) is 47.0 Å². The lowest BCUT2D eigenvalue weighted by Crippen LogP contribution is -2.11. The number of hydrogen-bond acceptors (Lipinski definition) is 4. The van der Waals surface area contributed by atoms with Crippen LogP contribution in [0.25, 0.3) is 10.9 Å². The molecule has 26 heavy (non-hydrogen) atoms. The number of nitrogens with one attached hydrogen (secondary N) is 1. The van der Waals surface area contributed by atoms with Crippen LogP contribution in [0.4, 0.5) is 19.0 Å². The zero-order chi connectivity index (χ0) is 18.9. The van der Waals surface area contributed by atoms with Crippen LogP contribution in [0.3, 0.4) is 0 Å². The van der Waals surface area contributed by atoms with Crippen LogP contribution in [-0.2, 0) is 6.18 Å². The van der Waals surface area contributed by atoms with E-state index >= 15 is 0 Å². The molecule has 1 radical (unpaired) electrons. The van der Waals surface area contributed by atoms with Gasteiger partial charge in [0.1, 0.15) is 17.4 Å². The molecule has 0 unspecified atom stereocenters. The molecule has 2 aromatic carbocycles. The fraction of sp³-hybridized carbons (Fsp3) is 0.263. The summed E-state index contributed by atoms with van der Waals surface area (Å²) in [6.07, 6.45) is -4.38. The van der Waals surface area contributed by atoms with Gasteiger partial charge in [-0.1, -0.05) is 12.1 Å². The monoisotopic (exact) mass is 360 g/mol. The molecule has 1 N–H and O–H groups in total. The van der Waals surface area contributed by atoms with Gasteiger partial charge in [-0.25, -0.2) is 9.97 Å². The Balaban J connectivity index is 1.98. The summed E-state index contributed by atoms with van der Waals surface area (Å²) in [5, 5.41) is 3.90. The largest absolute Gasteiger partial charge is 0.496 e. The van der Waals surface area contributed by atoms with Gasteiger partial charge >= 0.3 is 6.18 Å². The standard InChI is InChI=1S/C19H17F3N3O/c1-11(13-5-4-6-14(9-13)19(20,21)22)23-18-16-10-15(26-3)7-8-17(16)24-12(2)25-18/h4-6,8-11H,1-3H3,(H,23,24,25)/t11-/m1/s1. The lowest BCUT2D eigenvalue weighted by Gasteiger charge is -2.18. The zero-order valence-corrected chi connectivity index (χ0v) is 14.5. The third kappa shape index (κ3) is 3.71. The Hall–Kier alpha value is -2.83. The number of anilines is 1. The summed E-state index contributed by atoms with van der Waals surface area (Å²) >= 11 is 0. The average molecular weight is 360 g/mol. The molecule has 4 nitrogen and oxygen atoms in total. The number of benzene rings is 2. The number of fused-ring (bicyclic) bond motifs is 1. The third-order valence-corrected chi connectivity index (χ3v) is 4.00. The molecular formula is C19H17F3N3O. The molecule has 135 valence electrons. The van der Waals surface area contributed by atoms with E-state index < -0.39 is 11.7 Å². The Morgan fingerprint density at radius 2 is 1.96 bits per heavy atom. The van der Waals surface area contributed by atoms with E-state index in [4.69, 9.17) is 4.74 Å². The predicted octanol–water partition coefficient (Wildman–Crippen LogP) is 4.94. The highest BCUT2D eigenvalue weighted by molar-refractivity contribution is 5.90. The van der Waals surface area contributed by atoms with Gasteiger partial charge in [0.25, 0.3) is 0 Å². The molecule has 1 heterocycles. The number of nitrogens with zero attached hydrogens (tertiary/aromatic N) is 2. The number of alkyl halides is 3. The summed E-state index contributed by atoms with van der Waals surface area (Å²) in [5.74, 6) is 1.61. The van der Waals surface area contributed by atoms with Crippen LogP contribution in [0, 0.1) is 13.0 Å². The second kappa shape index (κ2) is 6.82. The van der Waals surface area contributed by atoms with Gasteiger partial charge in [-0.3, -0.25) is 0 Å². The van der Waals surface area contributed by atoms with Gasteiger partial charge < -0.3 is 10.1 Å². The van der Waals surface area contributed by atoms with Crippen molar-refractivity contribution in [3.8, 4) is 5.75 Å². The lowest BCUT2D eigenvalue weighted by molar-refractivity contribution is -0.137. The normalized spacial score (nSPS) is 12.8. The van der Waals surface area contributed by atoms with Crippen molar-refractivity contribution in [2.75, 3.05) is 12.4 Å². The van der Waals surface area contributed by atoms with Crippen molar-refractivity contribution in [1.29, 1.82) is 0 Å². The first-order chi connectivity index (χ1) is 12.3. The zero-order valence-electron chi connectivity index (χ0n) is 14.5. The molecule has 0 aliphatic heterocycles. The molecule has 0 saturated carbocycles. The highest BCUT2D eigenvalue weighted by Crippen LogP contribution is 2.32. The van der Waals surface area contributed by atoms with Crippen LogP contribution in [0.2, 0.25) is 0 Å². The van der Waals surface area contributed by atoms with Crippen molar-refractivity contribution in [3.05, 3.63) is 59.4 Å². The third-order valence-electron chi connectivity index (χ3n) is 4.00. The summed E-state index contributed by atoms with van der Waals surface area (Å²) in [7, 11) is 1.53. The second-order valence-electron chi connectivity index (χ2n) is 5.91. The van der Waals surface area contributed by atoms with Gasteiger partial charge in [-0.2, -0.15) is 13.2 Å². The molecule has 0 spiro atoms. The first-order valence-electron chi connectivity index (χ1n) is 7.95. The SMILES string of the molecule is COc1[c]cc2nc(C)nc(N[C@H](C)c3cccc(C(F)(F)F)c3)c2c1. The Morgan fingerprint density at radius 3 is 2.65 bits per heavy atom. The van der Waals surface area contributed by atoms with Gasteiger partial charge in [0.15, 0.2) is 0 Å². The fourth-order valence-corrected chi connectivity index (χ4v) is 2.67. The fourth-order valence-electron chi connectivity index (χ4n) is 2.67. The molecule has 0 saturated heterocycles. The Bertz CT molecular complexity index is 941. The second-order valence-corrected chi connectivity index (χ2v) is 5.91. The maximum absolute atomic E-state index is 12.9. The average Bonchev–Trinajstić information content (AvgIpc) is 2.60. The molecule has 0 aliphatic rings. The van der Waals surface area contributed by atoms with Crippen LogP contribution >= 0.6 is 0 Å². The highest BCUT2D eigenvalue weighted by Gasteiger charge is 2.30. The number of hydrogen-bond donors (Lipinski definition) is 1. The van der Waals surface area contributed by atoms with Crippen LogP contribution in [0.15, 0.2) is 36.4 Å². The van der Waals surface area contributed by atoms with Crippen molar-refractivity contribution in [3.63, 3.8) is 0 Å². The molecule has 0 aliphatic carbocycles. The molecule has 0 fully saturated rings. The van der Waals surface area contributed by atoms with E-state index in [1.54, 1.807) is 32.0 Å². The quantitative estimate of drug-likeness (QED) is 0.716. The van der Waals surface area contributed by atoms with Gasteiger partial charge in [0, 0.05) is 17.5 Å². The summed E-state index contributed by atoms with van der Waals surface area (Å²) < 4.78 is 44.0. The Labute approximate surface area is 149 Å². The summed E-state index contributed by atoms with van der Waals surface area (Å²) in [6.45, 7) is 3.54. The summed E-state index contributed by atoms with van der Waals surface area (Å²) in [6, 6.07) is 11.3. The van der Waals surface area contributed by atoms with Crippen LogP contribution in [0.5, 0.6) is 5.75 Å². The van der Waals surface area contributed by atoms with Crippen LogP contribution in [-0.4, -0.2) is 17.1 Å². The van der Waals surface area contributed by atoms with E-state index in [0.717, 1.165) is 12.1 Å². The molecule has 3 aromatic rings. The van der Waals surface area contributed by atoms with Crippen molar-refractivity contribution in [2.24, 2.45) is 0 Å². The minimum Gasteiger partial charge on any atom is -0.496 e. The number of aryl methyl sites for hydroxylation is 1. The van der Waals surface area contributed by atoms with Crippen molar-refractivity contribution in [1.82, 2.24) is 9.97 Å². The summed E-state index contributed by atoms with van der Waals surface area (Å²) in [5.41, 5.74) is 0.513. The molecule has 0 bridgehead atoms. The van der Waals surface area contributed by atoms with E-state index in [2.05, 4.69) is 21.4 Å². The maximum atomic E-state index is 12.9. The van der Waals surface area contributed by atoms with E-state index in [9.17, 15) is 13.2 Å². The molecule has 1 atom stereocenters. The van der Waals surface area contributed by atoms with Crippen LogP contribution < -0.4 is 10.1 Å². The van der Waals surface area contributed by atoms with E-state index in [1.807, 2.05) is 0 Å². The lowest BCUT2D eigenvalue weighted by atomic mass is 10.0. The van der Waals surface area contributed by atoms with E-state index in [0.29, 0.717) is 33.9 Å². The van der Waals surface area contributed by atoms with Gasteiger partial charge in [-0.05, 0) is 43.7 Å².